The molecule has 35 heavy (non-hydrogen) atoms. The SMILES string of the molecule is C=CC(=O)N1CCC(c2cc(-c3ccc(Oc4cc(C5CC5)ccn4)cc3)n3c(N)nccc23)C1. The zero-order valence-electron chi connectivity index (χ0n) is 19.4. The van der Waals surface area contributed by atoms with E-state index in [-0.39, 0.29) is 11.8 Å². The molecule has 0 spiro atoms. The number of hydrogen-bond acceptors (Lipinski definition) is 5. The molecular formula is C28H27N5O2. The minimum Gasteiger partial charge on any atom is -0.439 e. The Labute approximate surface area is 203 Å². The molecule has 1 amide bonds. The number of ether oxygens (including phenoxy) is 1. The Hall–Kier alpha value is -4.13. The summed E-state index contributed by atoms with van der Waals surface area (Å²) in [6.07, 6.45) is 8.32. The summed E-state index contributed by atoms with van der Waals surface area (Å²) in [5.41, 5.74) is 11.8. The van der Waals surface area contributed by atoms with Crippen molar-refractivity contribution in [2.45, 2.75) is 31.1 Å². The van der Waals surface area contributed by atoms with E-state index in [0.29, 0.717) is 24.3 Å². The van der Waals surface area contributed by atoms with Crippen molar-refractivity contribution in [2.75, 3.05) is 18.8 Å². The Morgan fingerprint density at radius 2 is 1.83 bits per heavy atom. The first-order valence-electron chi connectivity index (χ1n) is 12.0. The van der Waals surface area contributed by atoms with Crippen LogP contribution in [0.5, 0.6) is 11.6 Å². The van der Waals surface area contributed by atoms with Crippen molar-refractivity contribution in [1.29, 1.82) is 0 Å². The Bertz CT molecular complexity index is 1420. The molecule has 4 aromatic rings. The van der Waals surface area contributed by atoms with E-state index in [1.165, 1.54) is 30.0 Å². The van der Waals surface area contributed by atoms with Gasteiger partial charge < -0.3 is 15.4 Å². The second-order valence-electron chi connectivity index (χ2n) is 9.31. The highest BCUT2D eigenvalue weighted by atomic mass is 16.5. The van der Waals surface area contributed by atoms with Gasteiger partial charge in [0.1, 0.15) is 5.75 Å². The zero-order chi connectivity index (χ0) is 23.9. The van der Waals surface area contributed by atoms with Gasteiger partial charge in [0.05, 0.1) is 11.2 Å². The Kier molecular flexibility index (Phi) is 5.25. The number of carbonyl (C=O) groups excluding carboxylic acids is 1. The van der Waals surface area contributed by atoms with E-state index in [2.05, 4.69) is 28.7 Å². The second-order valence-corrected chi connectivity index (χ2v) is 9.31. The highest BCUT2D eigenvalue weighted by Gasteiger charge is 2.29. The number of hydrogen-bond donors (Lipinski definition) is 1. The van der Waals surface area contributed by atoms with Gasteiger partial charge in [-0.15, -0.1) is 0 Å². The molecule has 1 unspecified atom stereocenters. The monoisotopic (exact) mass is 465 g/mol. The molecule has 176 valence electrons. The standard InChI is InChI=1S/C28H27N5O2/c1-2-27(34)32-14-11-21(17-32)23-16-25(33-24(23)10-13-31-28(33)29)19-5-7-22(8-6-19)35-26-15-20(9-12-30-26)18-3-4-18/h2,5-10,12-13,15-16,18,21H,1,3-4,11,14,17H2,(H2,29,31). The van der Waals surface area contributed by atoms with E-state index in [0.717, 1.165) is 35.5 Å². The van der Waals surface area contributed by atoms with Crippen LogP contribution in [0.15, 0.2) is 73.6 Å². The highest BCUT2D eigenvalue weighted by Crippen LogP contribution is 2.41. The van der Waals surface area contributed by atoms with Gasteiger partial charge in [-0.25, -0.2) is 9.97 Å². The van der Waals surface area contributed by atoms with Crippen LogP contribution in [0.25, 0.3) is 16.8 Å². The van der Waals surface area contributed by atoms with Crippen molar-refractivity contribution in [1.82, 2.24) is 19.3 Å². The second kappa shape index (κ2) is 8.58. The van der Waals surface area contributed by atoms with E-state index in [1.54, 1.807) is 6.20 Å². The summed E-state index contributed by atoms with van der Waals surface area (Å²) >= 11 is 0. The summed E-state index contributed by atoms with van der Waals surface area (Å²) in [4.78, 5) is 22.6. The molecule has 4 heterocycles. The van der Waals surface area contributed by atoms with Crippen molar-refractivity contribution < 1.29 is 9.53 Å². The predicted octanol–water partition coefficient (Wildman–Crippen LogP) is 5.15. The van der Waals surface area contributed by atoms with E-state index < -0.39 is 0 Å². The van der Waals surface area contributed by atoms with Crippen LogP contribution in [-0.2, 0) is 4.79 Å². The summed E-state index contributed by atoms with van der Waals surface area (Å²) < 4.78 is 8.02. The van der Waals surface area contributed by atoms with Crippen LogP contribution in [0.3, 0.4) is 0 Å². The van der Waals surface area contributed by atoms with Crippen LogP contribution in [0.1, 0.15) is 42.2 Å². The predicted molar refractivity (Wildman–Crippen MR) is 135 cm³/mol. The molecule has 2 N–H and O–H groups in total. The van der Waals surface area contributed by atoms with Crippen molar-refractivity contribution in [3.05, 3.63) is 84.7 Å². The Balaban J connectivity index is 1.30. The third kappa shape index (κ3) is 4.03. The summed E-state index contributed by atoms with van der Waals surface area (Å²) in [5.74, 6) is 2.64. The fourth-order valence-electron chi connectivity index (χ4n) is 5.05. The first-order valence-corrected chi connectivity index (χ1v) is 12.0. The molecule has 3 aromatic heterocycles. The number of pyridine rings is 1. The maximum absolute atomic E-state index is 12.1. The molecule has 1 atom stereocenters. The van der Waals surface area contributed by atoms with Crippen LogP contribution in [0, 0.1) is 0 Å². The average Bonchev–Trinajstić information content (AvgIpc) is 3.49. The maximum Gasteiger partial charge on any atom is 0.245 e. The molecule has 2 aliphatic rings. The summed E-state index contributed by atoms with van der Waals surface area (Å²) in [7, 11) is 0. The van der Waals surface area contributed by atoms with Gasteiger partial charge in [-0.05, 0) is 90.4 Å². The van der Waals surface area contributed by atoms with Gasteiger partial charge in [-0.3, -0.25) is 9.20 Å². The number of carbonyl (C=O) groups is 1. The molecule has 1 saturated heterocycles. The van der Waals surface area contributed by atoms with Gasteiger partial charge in [0.25, 0.3) is 0 Å². The third-order valence-electron chi connectivity index (χ3n) is 7.03. The van der Waals surface area contributed by atoms with Crippen LogP contribution in [0.4, 0.5) is 5.95 Å². The molecule has 2 fully saturated rings. The lowest BCUT2D eigenvalue weighted by atomic mass is 9.99. The Morgan fingerprint density at radius 3 is 2.60 bits per heavy atom. The molecular weight excluding hydrogens is 438 g/mol. The topological polar surface area (TPSA) is 85.8 Å². The van der Waals surface area contributed by atoms with Crippen molar-refractivity contribution in [3.63, 3.8) is 0 Å². The quantitative estimate of drug-likeness (QED) is 0.398. The number of nitrogens with two attached hydrogens (primary N) is 1. The minimum absolute atomic E-state index is 0.0230. The van der Waals surface area contributed by atoms with Gasteiger partial charge in [-0.1, -0.05) is 6.58 Å². The van der Waals surface area contributed by atoms with Crippen molar-refractivity contribution >= 4 is 17.4 Å². The lowest BCUT2D eigenvalue weighted by Crippen LogP contribution is -2.26. The fraction of sp³-hybridized carbons (Fsp3) is 0.250. The van der Waals surface area contributed by atoms with Crippen molar-refractivity contribution in [3.8, 4) is 22.9 Å². The number of nitrogens with zero attached hydrogens (tertiary/aromatic N) is 4. The molecule has 1 aliphatic carbocycles. The summed E-state index contributed by atoms with van der Waals surface area (Å²) in [6, 6.07) is 16.2. The largest absolute Gasteiger partial charge is 0.439 e. The normalized spacial score (nSPS) is 17.6. The molecule has 1 aliphatic heterocycles. The molecule has 1 saturated carbocycles. The molecule has 0 radical (unpaired) electrons. The number of anilines is 1. The summed E-state index contributed by atoms with van der Waals surface area (Å²) in [6.45, 7) is 5.02. The van der Waals surface area contributed by atoms with Crippen LogP contribution in [0.2, 0.25) is 0 Å². The first kappa shape index (κ1) is 21.4. The van der Waals surface area contributed by atoms with E-state index in [1.807, 2.05) is 51.9 Å². The highest BCUT2D eigenvalue weighted by molar-refractivity contribution is 5.87. The van der Waals surface area contributed by atoms with Crippen LogP contribution in [-0.4, -0.2) is 38.3 Å². The van der Waals surface area contributed by atoms with Gasteiger partial charge >= 0.3 is 0 Å². The minimum atomic E-state index is -0.0230. The number of fused-ring (bicyclic) bond motifs is 1. The van der Waals surface area contributed by atoms with Crippen molar-refractivity contribution in [2.24, 2.45) is 0 Å². The number of amides is 1. The number of aromatic nitrogens is 3. The number of rotatable bonds is 6. The first-order chi connectivity index (χ1) is 17.1. The van der Waals surface area contributed by atoms with E-state index in [4.69, 9.17) is 10.5 Å². The third-order valence-corrected chi connectivity index (χ3v) is 7.03. The number of likely N-dealkylation sites (tertiary alicyclic amines) is 1. The Morgan fingerprint density at radius 1 is 1.03 bits per heavy atom. The molecule has 1 aromatic carbocycles. The molecule has 7 nitrogen and oxygen atoms in total. The molecule has 6 rings (SSSR count). The zero-order valence-corrected chi connectivity index (χ0v) is 19.4. The van der Waals surface area contributed by atoms with Gasteiger partial charge in [0.2, 0.25) is 17.7 Å². The van der Waals surface area contributed by atoms with Gasteiger partial charge in [-0.2, -0.15) is 0 Å². The lowest BCUT2D eigenvalue weighted by molar-refractivity contribution is -0.125. The molecule has 7 heteroatoms. The number of nitrogen functional groups attached to an aromatic ring is 1. The van der Waals surface area contributed by atoms with E-state index >= 15 is 0 Å². The number of benzene rings is 1. The van der Waals surface area contributed by atoms with Crippen LogP contribution < -0.4 is 10.5 Å². The smallest absolute Gasteiger partial charge is 0.245 e. The van der Waals surface area contributed by atoms with Gasteiger partial charge in [0.15, 0.2) is 0 Å². The summed E-state index contributed by atoms with van der Waals surface area (Å²) in [5, 5.41) is 0. The fourth-order valence-corrected chi connectivity index (χ4v) is 5.05. The molecule has 0 bridgehead atoms. The average molecular weight is 466 g/mol. The lowest BCUT2D eigenvalue weighted by Gasteiger charge is -2.14. The maximum atomic E-state index is 12.1. The van der Waals surface area contributed by atoms with Crippen LogP contribution >= 0.6 is 0 Å². The van der Waals surface area contributed by atoms with Gasteiger partial charge in [0, 0.05) is 37.5 Å². The van der Waals surface area contributed by atoms with E-state index in [9.17, 15) is 4.79 Å².